The summed E-state index contributed by atoms with van der Waals surface area (Å²) in [6.45, 7) is 3.72. The van der Waals surface area contributed by atoms with Crippen LogP contribution in [0, 0.1) is 12.3 Å². The Hall–Kier alpha value is -2.30. The SMILES string of the molecule is CCc1c(C)c(Oc2ccccc2)nc(=N)n1O. The molecule has 0 aliphatic heterocycles. The van der Waals surface area contributed by atoms with E-state index >= 15 is 0 Å². The van der Waals surface area contributed by atoms with Crippen molar-refractivity contribution in [3.05, 3.63) is 47.2 Å². The lowest BCUT2D eigenvalue weighted by Crippen LogP contribution is -2.25. The maximum atomic E-state index is 9.68. The first-order chi connectivity index (χ1) is 8.63. The number of para-hydroxylation sites is 1. The minimum Gasteiger partial charge on any atom is -0.439 e. The quantitative estimate of drug-likeness (QED) is 0.815. The number of hydrogen-bond acceptors (Lipinski definition) is 4. The van der Waals surface area contributed by atoms with E-state index in [1.807, 2.05) is 44.2 Å². The van der Waals surface area contributed by atoms with Gasteiger partial charge in [-0.15, -0.1) is 0 Å². The van der Waals surface area contributed by atoms with E-state index in [0.717, 1.165) is 10.3 Å². The lowest BCUT2D eigenvalue weighted by molar-refractivity contribution is 0.153. The summed E-state index contributed by atoms with van der Waals surface area (Å²) in [5, 5.41) is 17.3. The third-order valence-corrected chi connectivity index (χ3v) is 2.71. The summed E-state index contributed by atoms with van der Waals surface area (Å²) < 4.78 is 6.42. The van der Waals surface area contributed by atoms with Crippen molar-refractivity contribution in [3.63, 3.8) is 0 Å². The van der Waals surface area contributed by atoms with E-state index in [1.54, 1.807) is 0 Å². The minimum atomic E-state index is -0.233. The van der Waals surface area contributed by atoms with Crippen molar-refractivity contribution in [3.8, 4) is 11.6 Å². The van der Waals surface area contributed by atoms with Crippen molar-refractivity contribution < 1.29 is 9.94 Å². The fraction of sp³-hybridized carbons (Fsp3) is 0.231. The van der Waals surface area contributed by atoms with Crippen molar-refractivity contribution in [2.75, 3.05) is 0 Å². The monoisotopic (exact) mass is 245 g/mol. The average molecular weight is 245 g/mol. The maximum absolute atomic E-state index is 9.68. The summed E-state index contributed by atoms with van der Waals surface area (Å²) in [6, 6.07) is 9.25. The summed E-state index contributed by atoms with van der Waals surface area (Å²) in [7, 11) is 0. The van der Waals surface area contributed by atoms with Gasteiger partial charge in [-0.05, 0) is 25.5 Å². The highest BCUT2D eigenvalue weighted by Crippen LogP contribution is 2.23. The molecular weight excluding hydrogens is 230 g/mol. The number of nitrogens with one attached hydrogen (secondary N) is 1. The molecule has 0 aliphatic rings. The Morgan fingerprint density at radius 3 is 2.61 bits per heavy atom. The van der Waals surface area contributed by atoms with Gasteiger partial charge in [0.1, 0.15) is 5.75 Å². The number of benzene rings is 1. The van der Waals surface area contributed by atoms with Crippen LogP contribution >= 0.6 is 0 Å². The van der Waals surface area contributed by atoms with Crippen molar-refractivity contribution in [1.82, 2.24) is 9.71 Å². The first kappa shape index (κ1) is 12.2. The largest absolute Gasteiger partial charge is 0.439 e. The second kappa shape index (κ2) is 4.91. The van der Waals surface area contributed by atoms with Crippen LogP contribution < -0.4 is 10.4 Å². The van der Waals surface area contributed by atoms with Gasteiger partial charge in [0, 0.05) is 5.56 Å². The molecule has 0 unspecified atom stereocenters. The van der Waals surface area contributed by atoms with Crippen molar-refractivity contribution >= 4 is 0 Å². The van der Waals surface area contributed by atoms with E-state index in [-0.39, 0.29) is 5.62 Å². The van der Waals surface area contributed by atoms with E-state index in [1.165, 1.54) is 0 Å². The standard InChI is InChI=1S/C13H15N3O2/c1-3-11-9(2)12(15-13(14)16(11)17)18-10-7-5-4-6-8-10/h4-8,14,17H,3H2,1-2H3. The molecule has 1 aromatic carbocycles. The fourth-order valence-corrected chi connectivity index (χ4v) is 1.75. The summed E-state index contributed by atoms with van der Waals surface area (Å²) in [6.07, 6.45) is 0.599. The Morgan fingerprint density at radius 2 is 2.00 bits per heavy atom. The lowest BCUT2D eigenvalue weighted by atomic mass is 10.2. The van der Waals surface area contributed by atoms with Gasteiger partial charge in [-0.3, -0.25) is 5.41 Å². The predicted molar refractivity (Wildman–Crippen MR) is 65.9 cm³/mol. The van der Waals surface area contributed by atoms with Gasteiger partial charge in [0.15, 0.2) is 0 Å². The average Bonchev–Trinajstić information content (AvgIpc) is 2.38. The van der Waals surface area contributed by atoms with Crippen LogP contribution in [0.25, 0.3) is 0 Å². The Kier molecular flexibility index (Phi) is 3.32. The molecule has 2 rings (SSSR count). The van der Waals surface area contributed by atoms with Gasteiger partial charge in [-0.2, -0.15) is 9.71 Å². The third kappa shape index (κ3) is 2.20. The number of rotatable bonds is 3. The zero-order valence-electron chi connectivity index (χ0n) is 10.3. The second-order valence-electron chi connectivity index (χ2n) is 3.89. The van der Waals surface area contributed by atoms with Gasteiger partial charge in [0.25, 0.3) is 5.62 Å². The molecule has 2 N–H and O–H groups in total. The Balaban J connectivity index is 2.46. The first-order valence-electron chi connectivity index (χ1n) is 5.72. The van der Waals surface area contributed by atoms with Crippen LogP contribution in [0.5, 0.6) is 11.6 Å². The second-order valence-corrected chi connectivity index (χ2v) is 3.89. The molecule has 0 fully saturated rings. The molecule has 5 nitrogen and oxygen atoms in total. The third-order valence-electron chi connectivity index (χ3n) is 2.71. The van der Waals surface area contributed by atoms with Crippen LogP contribution in [0.2, 0.25) is 0 Å². The van der Waals surface area contributed by atoms with Crippen molar-refractivity contribution in [2.45, 2.75) is 20.3 Å². The van der Waals surface area contributed by atoms with Crippen molar-refractivity contribution in [2.24, 2.45) is 0 Å². The van der Waals surface area contributed by atoms with Gasteiger partial charge in [0.05, 0.1) is 5.69 Å². The lowest BCUT2D eigenvalue weighted by Gasteiger charge is -2.13. The first-order valence-corrected chi connectivity index (χ1v) is 5.72. The Labute approximate surface area is 105 Å². The molecule has 0 spiro atoms. The number of ether oxygens (including phenoxy) is 1. The number of nitrogens with zero attached hydrogens (tertiary/aromatic N) is 2. The van der Waals surface area contributed by atoms with Crippen LogP contribution in [0.4, 0.5) is 0 Å². The van der Waals surface area contributed by atoms with Gasteiger partial charge < -0.3 is 9.94 Å². The molecular formula is C13H15N3O2. The molecule has 18 heavy (non-hydrogen) atoms. The van der Waals surface area contributed by atoms with E-state index in [4.69, 9.17) is 10.1 Å². The van der Waals surface area contributed by atoms with Gasteiger partial charge in [0.2, 0.25) is 5.88 Å². The fourth-order valence-electron chi connectivity index (χ4n) is 1.75. The van der Waals surface area contributed by atoms with E-state index in [0.29, 0.717) is 23.7 Å². The maximum Gasteiger partial charge on any atom is 0.258 e. The molecule has 0 atom stereocenters. The van der Waals surface area contributed by atoms with Gasteiger partial charge >= 0.3 is 0 Å². The van der Waals surface area contributed by atoms with Crippen molar-refractivity contribution in [1.29, 1.82) is 5.41 Å². The van der Waals surface area contributed by atoms with Gasteiger partial charge in [-0.25, -0.2) is 0 Å². The predicted octanol–water partition coefficient (Wildman–Crippen LogP) is 2.26. The van der Waals surface area contributed by atoms with E-state index in [2.05, 4.69) is 4.98 Å². The summed E-state index contributed by atoms with van der Waals surface area (Å²) in [4.78, 5) is 3.93. The summed E-state index contributed by atoms with van der Waals surface area (Å²) in [5.41, 5.74) is 1.13. The summed E-state index contributed by atoms with van der Waals surface area (Å²) in [5.74, 6) is 1.01. The molecule has 1 heterocycles. The zero-order valence-corrected chi connectivity index (χ0v) is 10.3. The molecule has 2 aromatic rings. The molecule has 1 aromatic heterocycles. The molecule has 0 radical (unpaired) electrons. The number of hydrogen-bond donors (Lipinski definition) is 2. The molecule has 5 heteroatoms. The highest BCUT2D eigenvalue weighted by Gasteiger charge is 2.12. The smallest absolute Gasteiger partial charge is 0.258 e. The normalized spacial score (nSPS) is 10.3. The highest BCUT2D eigenvalue weighted by molar-refractivity contribution is 5.33. The van der Waals surface area contributed by atoms with Crippen LogP contribution in [0.1, 0.15) is 18.2 Å². The Bertz CT molecular complexity index is 606. The van der Waals surface area contributed by atoms with E-state index in [9.17, 15) is 5.21 Å². The number of aromatic nitrogens is 2. The van der Waals surface area contributed by atoms with Crippen LogP contribution in [0.15, 0.2) is 30.3 Å². The molecule has 0 amide bonds. The Morgan fingerprint density at radius 1 is 1.33 bits per heavy atom. The molecule has 0 bridgehead atoms. The minimum absolute atomic E-state index is 0.233. The topological polar surface area (TPSA) is 71.1 Å². The summed E-state index contributed by atoms with van der Waals surface area (Å²) >= 11 is 0. The molecule has 94 valence electrons. The zero-order chi connectivity index (χ0) is 13.1. The molecule has 0 saturated heterocycles. The molecule has 0 aliphatic carbocycles. The van der Waals surface area contributed by atoms with Crippen LogP contribution in [0.3, 0.4) is 0 Å². The van der Waals surface area contributed by atoms with E-state index < -0.39 is 0 Å². The van der Waals surface area contributed by atoms with Crippen LogP contribution in [-0.2, 0) is 6.42 Å². The highest BCUT2D eigenvalue weighted by atomic mass is 16.5. The molecule has 0 saturated carbocycles. The van der Waals surface area contributed by atoms with Crippen LogP contribution in [-0.4, -0.2) is 14.9 Å². The van der Waals surface area contributed by atoms with Gasteiger partial charge in [-0.1, -0.05) is 25.1 Å².